The maximum absolute atomic E-state index is 12.0. The lowest BCUT2D eigenvalue weighted by atomic mass is 10.0. The van der Waals surface area contributed by atoms with Gasteiger partial charge in [-0.25, -0.2) is 0 Å². The first kappa shape index (κ1) is 20.7. The number of hydrogen-bond donors (Lipinski definition) is 0. The van der Waals surface area contributed by atoms with Gasteiger partial charge in [0.2, 0.25) is 0 Å². The molecule has 0 radical (unpaired) electrons. The number of carbonyl (C=O) groups is 1. The van der Waals surface area contributed by atoms with Crippen molar-refractivity contribution in [2.45, 2.75) is 90.4 Å². The summed E-state index contributed by atoms with van der Waals surface area (Å²) in [5, 5.41) is 0. The van der Waals surface area contributed by atoms with Crippen molar-refractivity contribution < 1.29 is 9.53 Å². The molecule has 0 amide bonds. The van der Waals surface area contributed by atoms with Crippen molar-refractivity contribution in [3.05, 3.63) is 35.9 Å². The highest BCUT2D eigenvalue weighted by Crippen LogP contribution is 2.16. The van der Waals surface area contributed by atoms with Gasteiger partial charge in [-0.15, -0.1) is 0 Å². The SMILES string of the molecule is CCCCCCCCCCCCCOC(=O)C(C)c1ccccc1. The van der Waals surface area contributed by atoms with E-state index in [4.69, 9.17) is 4.74 Å². The van der Waals surface area contributed by atoms with Crippen LogP contribution in [-0.2, 0) is 9.53 Å². The van der Waals surface area contributed by atoms with Crippen molar-refractivity contribution in [3.8, 4) is 0 Å². The lowest BCUT2D eigenvalue weighted by Crippen LogP contribution is -2.13. The summed E-state index contributed by atoms with van der Waals surface area (Å²) in [5.41, 5.74) is 1.03. The van der Waals surface area contributed by atoms with E-state index < -0.39 is 0 Å². The standard InChI is InChI=1S/C22H36O2/c1-3-4-5-6-7-8-9-10-11-12-16-19-24-22(23)20(2)21-17-14-13-15-18-21/h13-15,17-18,20H,3-12,16,19H2,1-2H3. The lowest BCUT2D eigenvalue weighted by molar-refractivity contribution is -0.145. The molecule has 1 aromatic carbocycles. The van der Waals surface area contributed by atoms with Gasteiger partial charge in [0.25, 0.3) is 0 Å². The lowest BCUT2D eigenvalue weighted by Gasteiger charge is -2.11. The molecule has 1 unspecified atom stereocenters. The summed E-state index contributed by atoms with van der Waals surface area (Å²) >= 11 is 0. The zero-order valence-electron chi connectivity index (χ0n) is 15.8. The van der Waals surface area contributed by atoms with Gasteiger partial charge in [0.05, 0.1) is 12.5 Å². The Kier molecular flexibility index (Phi) is 12.2. The molecule has 0 saturated heterocycles. The predicted octanol–water partition coefficient (Wildman–Crippen LogP) is 6.64. The highest BCUT2D eigenvalue weighted by atomic mass is 16.5. The first-order valence-corrected chi connectivity index (χ1v) is 9.97. The van der Waals surface area contributed by atoms with Crippen LogP contribution in [0.1, 0.15) is 96.0 Å². The summed E-state index contributed by atoms with van der Waals surface area (Å²) in [5.74, 6) is -0.271. The molecule has 24 heavy (non-hydrogen) atoms. The van der Waals surface area contributed by atoms with Crippen LogP contribution in [0.3, 0.4) is 0 Å². The van der Waals surface area contributed by atoms with Crippen LogP contribution in [0.25, 0.3) is 0 Å². The second kappa shape index (κ2) is 14.1. The molecule has 0 aromatic heterocycles. The van der Waals surface area contributed by atoms with Crippen LogP contribution in [0.5, 0.6) is 0 Å². The third-order valence-corrected chi connectivity index (χ3v) is 4.65. The van der Waals surface area contributed by atoms with E-state index in [-0.39, 0.29) is 11.9 Å². The summed E-state index contributed by atoms with van der Waals surface area (Å²) in [6.45, 7) is 4.74. The average Bonchev–Trinajstić information content (AvgIpc) is 2.62. The van der Waals surface area contributed by atoms with Crippen LogP contribution < -0.4 is 0 Å². The Morgan fingerprint density at radius 3 is 1.88 bits per heavy atom. The van der Waals surface area contributed by atoms with Gasteiger partial charge in [-0.1, -0.05) is 101 Å². The fourth-order valence-corrected chi connectivity index (χ4v) is 2.94. The third kappa shape index (κ3) is 9.75. The molecule has 2 nitrogen and oxygen atoms in total. The van der Waals surface area contributed by atoms with E-state index in [2.05, 4.69) is 6.92 Å². The van der Waals surface area contributed by atoms with Crippen molar-refractivity contribution in [2.24, 2.45) is 0 Å². The van der Waals surface area contributed by atoms with E-state index in [0.29, 0.717) is 6.61 Å². The molecular weight excluding hydrogens is 296 g/mol. The summed E-state index contributed by atoms with van der Waals surface area (Å²) < 4.78 is 5.40. The van der Waals surface area contributed by atoms with Gasteiger partial charge in [0.15, 0.2) is 0 Å². The highest BCUT2D eigenvalue weighted by molar-refractivity contribution is 5.77. The number of unbranched alkanes of at least 4 members (excludes halogenated alkanes) is 10. The van der Waals surface area contributed by atoms with Crippen molar-refractivity contribution in [1.29, 1.82) is 0 Å². The van der Waals surface area contributed by atoms with E-state index in [0.717, 1.165) is 12.0 Å². The first-order valence-electron chi connectivity index (χ1n) is 9.97. The van der Waals surface area contributed by atoms with Gasteiger partial charge >= 0.3 is 5.97 Å². The second-order valence-corrected chi connectivity index (χ2v) is 6.84. The van der Waals surface area contributed by atoms with Crippen LogP contribution in [0.15, 0.2) is 30.3 Å². The number of benzene rings is 1. The number of ether oxygens (including phenoxy) is 1. The molecule has 0 aliphatic rings. The molecule has 1 atom stereocenters. The molecule has 2 heteroatoms. The molecule has 0 aliphatic carbocycles. The summed E-state index contributed by atoms with van der Waals surface area (Å²) in [7, 11) is 0. The Bertz CT molecular complexity index is 413. The van der Waals surface area contributed by atoms with Crippen LogP contribution in [0, 0.1) is 0 Å². The molecular formula is C22H36O2. The van der Waals surface area contributed by atoms with Crippen molar-refractivity contribution >= 4 is 5.97 Å². The molecule has 136 valence electrons. The number of rotatable bonds is 14. The van der Waals surface area contributed by atoms with Gasteiger partial charge in [0, 0.05) is 0 Å². The van der Waals surface area contributed by atoms with Crippen molar-refractivity contribution in [1.82, 2.24) is 0 Å². The molecule has 0 heterocycles. The van der Waals surface area contributed by atoms with E-state index >= 15 is 0 Å². The summed E-state index contributed by atoms with van der Waals surface area (Å²) in [4.78, 5) is 12.0. The summed E-state index contributed by atoms with van der Waals surface area (Å²) in [6.07, 6.45) is 14.4. The largest absolute Gasteiger partial charge is 0.465 e. The molecule has 0 spiro atoms. The third-order valence-electron chi connectivity index (χ3n) is 4.65. The number of carbonyl (C=O) groups excluding carboxylic acids is 1. The Balaban J connectivity index is 1.92. The van der Waals surface area contributed by atoms with Crippen LogP contribution in [0.2, 0.25) is 0 Å². The van der Waals surface area contributed by atoms with E-state index in [1.165, 1.54) is 64.2 Å². The zero-order valence-corrected chi connectivity index (χ0v) is 15.8. The maximum Gasteiger partial charge on any atom is 0.313 e. The van der Waals surface area contributed by atoms with E-state index in [1.807, 2.05) is 37.3 Å². The minimum absolute atomic E-state index is 0.103. The highest BCUT2D eigenvalue weighted by Gasteiger charge is 2.15. The molecule has 1 rings (SSSR count). The van der Waals surface area contributed by atoms with Gasteiger partial charge < -0.3 is 4.74 Å². The number of esters is 1. The van der Waals surface area contributed by atoms with Crippen LogP contribution in [0.4, 0.5) is 0 Å². The van der Waals surface area contributed by atoms with Crippen molar-refractivity contribution in [3.63, 3.8) is 0 Å². The Morgan fingerprint density at radius 2 is 1.33 bits per heavy atom. The Labute approximate surface area is 149 Å². The molecule has 0 aliphatic heterocycles. The minimum Gasteiger partial charge on any atom is -0.465 e. The normalized spacial score (nSPS) is 12.1. The smallest absolute Gasteiger partial charge is 0.313 e. The zero-order chi connectivity index (χ0) is 17.5. The first-order chi connectivity index (χ1) is 11.8. The van der Waals surface area contributed by atoms with Crippen LogP contribution in [-0.4, -0.2) is 12.6 Å². The fourth-order valence-electron chi connectivity index (χ4n) is 2.94. The predicted molar refractivity (Wildman–Crippen MR) is 102 cm³/mol. The van der Waals surface area contributed by atoms with E-state index in [1.54, 1.807) is 0 Å². The second-order valence-electron chi connectivity index (χ2n) is 6.84. The summed E-state index contributed by atoms with van der Waals surface area (Å²) in [6, 6.07) is 9.85. The molecule has 1 aromatic rings. The van der Waals surface area contributed by atoms with Gasteiger partial charge in [-0.05, 0) is 18.9 Å². The molecule has 0 saturated carbocycles. The maximum atomic E-state index is 12.0. The molecule has 0 bridgehead atoms. The van der Waals surface area contributed by atoms with Gasteiger partial charge in [-0.2, -0.15) is 0 Å². The van der Waals surface area contributed by atoms with Crippen LogP contribution >= 0.6 is 0 Å². The molecule has 0 N–H and O–H groups in total. The average molecular weight is 333 g/mol. The monoisotopic (exact) mass is 332 g/mol. The van der Waals surface area contributed by atoms with Crippen molar-refractivity contribution in [2.75, 3.05) is 6.61 Å². The van der Waals surface area contributed by atoms with Gasteiger partial charge in [-0.3, -0.25) is 4.79 Å². The molecule has 0 fully saturated rings. The minimum atomic E-state index is -0.168. The quantitative estimate of drug-likeness (QED) is 0.282. The Hall–Kier alpha value is -1.31. The number of hydrogen-bond acceptors (Lipinski definition) is 2. The topological polar surface area (TPSA) is 26.3 Å². The fraction of sp³-hybridized carbons (Fsp3) is 0.682. The Morgan fingerprint density at radius 1 is 0.833 bits per heavy atom. The van der Waals surface area contributed by atoms with E-state index in [9.17, 15) is 4.79 Å². The van der Waals surface area contributed by atoms with Gasteiger partial charge in [0.1, 0.15) is 0 Å².